The summed E-state index contributed by atoms with van der Waals surface area (Å²) in [6.45, 7) is 0. The third-order valence-electron chi connectivity index (χ3n) is 2.86. The maximum atomic E-state index is 10.9. The van der Waals surface area contributed by atoms with Crippen LogP contribution in [0.15, 0.2) is 30.3 Å². The lowest BCUT2D eigenvalue weighted by Crippen LogP contribution is -1.99. The smallest absolute Gasteiger partial charge is 0.356 e. The molecule has 0 spiro atoms. The van der Waals surface area contributed by atoms with Gasteiger partial charge in [-0.1, -0.05) is 17.7 Å². The molecular weight excluding hydrogens is 284 g/mol. The predicted octanol–water partition coefficient (Wildman–Crippen LogP) is 3.65. The van der Waals surface area contributed by atoms with Gasteiger partial charge in [0, 0.05) is 22.2 Å². The largest absolute Gasteiger partial charge is 0.476 e. The minimum atomic E-state index is -1.03. The van der Waals surface area contributed by atoms with Gasteiger partial charge in [-0.2, -0.15) is 5.10 Å². The summed E-state index contributed by atoms with van der Waals surface area (Å²) in [5.74, 6) is -1.03. The number of carboxylic acid groups (broad SMARTS) is 1. The summed E-state index contributed by atoms with van der Waals surface area (Å²) in [5.41, 5.74) is 0.815. The highest BCUT2D eigenvalue weighted by molar-refractivity contribution is 7.22. The number of benzene rings is 1. The van der Waals surface area contributed by atoms with Crippen LogP contribution < -0.4 is 0 Å². The van der Waals surface area contributed by atoms with Crippen LogP contribution in [0.25, 0.3) is 20.7 Å². The number of hydrogen-bond acceptors (Lipinski definition) is 3. The quantitative estimate of drug-likeness (QED) is 0.784. The molecule has 0 aliphatic heterocycles. The standard InChI is InChI=1S/C13H9ClN2O2S/c1-16-10(6-9(15-16)13(17)18)12-5-7-8(14)3-2-4-11(7)19-12/h2-6H,1H3,(H,17,18). The van der Waals surface area contributed by atoms with Crippen molar-refractivity contribution < 1.29 is 9.90 Å². The van der Waals surface area contributed by atoms with E-state index in [9.17, 15) is 4.79 Å². The number of aryl methyl sites for hydroxylation is 1. The zero-order chi connectivity index (χ0) is 13.6. The molecule has 0 aliphatic rings. The van der Waals surface area contributed by atoms with Crippen molar-refractivity contribution in [3.8, 4) is 10.6 Å². The van der Waals surface area contributed by atoms with Gasteiger partial charge in [-0.15, -0.1) is 11.3 Å². The van der Waals surface area contributed by atoms with Gasteiger partial charge < -0.3 is 5.11 Å². The van der Waals surface area contributed by atoms with Crippen LogP contribution in [0.4, 0.5) is 0 Å². The van der Waals surface area contributed by atoms with E-state index in [0.717, 1.165) is 20.7 Å². The molecule has 3 rings (SSSR count). The highest BCUT2D eigenvalue weighted by atomic mass is 35.5. The summed E-state index contributed by atoms with van der Waals surface area (Å²) < 4.78 is 2.64. The van der Waals surface area contributed by atoms with E-state index in [1.54, 1.807) is 29.1 Å². The normalized spacial score (nSPS) is 11.1. The number of nitrogens with zero attached hydrogens (tertiary/aromatic N) is 2. The maximum Gasteiger partial charge on any atom is 0.356 e. The second-order valence-electron chi connectivity index (χ2n) is 4.11. The van der Waals surface area contributed by atoms with Gasteiger partial charge in [0.2, 0.25) is 0 Å². The summed E-state index contributed by atoms with van der Waals surface area (Å²) >= 11 is 7.71. The number of thiophene rings is 1. The Hall–Kier alpha value is -1.85. The highest BCUT2D eigenvalue weighted by Crippen LogP contribution is 2.36. The van der Waals surface area contributed by atoms with Gasteiger partial charge in [-0.05, 0) is 24.3 Å². The lowest BCUT2D eigenvalue weighted by molar-refractivity contribution is 0.0689. The molecule has 1 N–H and O–H groups in total. The van der Waals surface area contributed by atoms with E-state index in [2.05, 4.69) is 5.10 Å². The van der Waals surface area contributed by atoms with E-state index in [4.69, 9.17) is 16.7 Å². The second kappa shape index (κ2) is 4.36. The molecule has 0 amide bonds. The van der Waals surface area contributed by atoms with Crippen LogP contribution in [0.3, 0.4) is 0 Å². The van der Waals surface area contributed by atoms with Gasteiger partial charge in [0.05, 0.1) is 10.6 Å². The first kappa shape index (κ1) is 12.2. The molecule has 0 saturated carbocycles. The zero-order valence-corrected chi connectivity index (χ0v) is 11.5. The van der Waals surface area contributed by atoms with Crippen molar-refractivity contribution >= 4 is 39.0 Å². The average molecular weight is 293 g/mol. The first-order valence-corrected chi connectivity index (χ1v) is 6.71. The molecule has 0 bridgehead atoms. The second-order valence-corrected chi connectivity index (χ2v) is 5.60. The van der Waals surface area contributed by atoms with Crippen LogP contribution in [0.2, 0.25) is 5.02 Å². The summed E-state index contributed by atoms with van der Waals surface area (Å²) in [7, 11) is 1.73. The monoisotopic (exact) mass is 292 g/mol. The van der Waals surface area contributed by atoms with E-state index in [-0.39, 0.29) is 5.69 Å². The van der Waals surface area contributed by atoms with E-state index >= 15 is 0 Å². The van der Waals surface area contributed by atoms with Crippen molar-refractivity contribution in [2.45, 2.75) is 0 Å². The lowest BCUT2D eigenvalue weighted by atomic mass is 10.2. The molecule has 4 nitrogen and oxygen atoms in total. The van der Waals surface area contributed by atoms with E-state index in [0.29, 0.717) is 5.02 Å². The van der Waals surface area contributed by atoms with Gasteiger partial charge in [-0.25, -0.2) is 4.79 Å². The number of hydrogen-bond donors (Lipinski definition) is 1. The lowest BCUT2D eigenvalue weighted by Gasteiger charge is -1.95. The number of carbonyl (C=O) groups is 1. The molecule has 3 aromatic rings. The molecule has 6 heteroatoms. The van der Waals surface area contributed by atoms with Crippen molar-refractivity contribution in [3.63, 3.8) is 0 Å². The molecular formula is C13H9ClN2O2S. The summed E-state index contributed by atoms with van der Waals surface area (Å²) in [5, 5.41) is 14.6. The molecule has 2 heterocycles. The molecule has 0 unspecified atom stereocenters. The fourth-order valence-electron chi connectivity index (χ4n) is 1.95. The fourth-order valence-corrected chi connectivity index (χ4v) is 3.37. The van der Waals surface area contributed by atoms with E-state index in [1.807, 2.05) is 24.3 Å². The van der Waals surface area contributed by atoms with Crippen LogP contribution in [0.1, 0.15) is 10.5 Å². The van der Waals surface area contributed by atoms with Crippen molar-refractivity contribution in [2.24, 2.45) is 7.05 Å². The Balaban J connectivity index is 2.19. The fraction of sp³-hybridized carbons (Fsp3) is 0.0769. The SMILES string of the molecule is Cn1nc(C(=O)O)cc1-c1cc2c(Cl)cccc2s1. The number of carboxylic acids is 1. The predicted molar refractivity (Wildman–Crippen MR) is 76.0 cm³/mol. The molecule has 0 aliphatic carbocycles. The average Bonchev–Trinajstić information content (AvgIpc) is 2.93. The Morgan fingerprint density at radius 1 is 1.42 bits per heavy atom. The number of halogens is 1. The van der Waals surface area contributed by atoms with Crippen LogP contribution in [0.5, 0.6) is 0 Å². The van der Waals surface area contributed by atoms with Crippen LogP contribution >= 0.6 is 22.9 Å². The minimum Gasteiger partial charge on any atom is -0.476 e. The molecule has 2 aromatic heterocycles. The van der Waals surface area contributed by atoms with Crippen molar-refractivity contribution in [3.05, 3.63) is 41.0 Å². The van der Waals surface area contributed by atoms with Crippen molar-refractivity contribution in [2.75, 3.05) is 0 Å². The number of rotatable bonds is 2. The molecule has 0 radical (unpaired) electrons. The first-order valence-electron chi connectivity index (χ1n) is 5.52. The topological polar surface area (TPSA) is 55.1 Å². The van der Waals surface area contributed by atoms with Crippen LogP contribution in [-0.2, 0) is 7.05 Å². The van der Waals surface area contributed by atoms with Gasteiger partial charge in [-0.3, -0.25) is 4.68 Å². The Kier molecular flexibility index (Phi) is 2.80. The Morgan fingerprint density at radius 2 is 2.21 bits per heavy atom. The Bertz CT molecular complexity index is 791. The zero-order valence-electron chi connectivity index (χ0n) is 9.92. The van der Waals surface area contributed by atoms with Crippen LogP contribution in [0, 0.1) is 0 Å². The van der Waals surface area contributed by atoms with Gasteiger partial charge in [0.15, 0.2) is 5.69 Å². The maximum absolute atomic E-state index is 10.9. The minimum absolute atomic E-state index is 0.0426. The van der Waals surface area contributed by atoms with E-state index in [1.165, 1.54) is 0 Å². The molecule has 1 aromatic carbocycles. The summed E-state index contributed by atoms with van der Waals surface area (Å²) in [6.07, 6.45) is 0. The Labute approximate surface area is 117 Å². The van der Waals surface area contributed by atoms with E-state index < -0.39 is 5.97 Å². The third-order valence-corrected chi connectivity index (χ3v) is 4.31. The van der Waals surface area contributed by atoms with Gasteiger partial charge in [0.1, 0.15) is 0 Å². The van der Waals surface area contributed by atoms with Gasteiger partial charge >= 0.3 is 5.97 Å². The summed E-state index contributed by atoms with van der Waals surface area (Å²) in [6, 6.07) is 9.26. The molecule has 96 valence electrons. The third kappa shape index (κ3) is 2.01. The molecule has 0 saturated heterocycles. The highest BCUT2D eigenvalue weighted by Gasteiger charge is 2.15. The number of fused-ring (bicyclic) bond motifs is 1. The number of aromatic carboxylic acids is 1. The van der Waals surface area contributed by atoms with Crippen molar-refractivity contribution in [1.29, 1.82) is 0 Å². The molecule has 19 heavy (non-hydrogen) atoms. The van der Waals surface area contributed by atoms with Crippen molar-refractivity contribution in [1.82, 2.24) is 9.78 Å². The summed E-state index contributed by atoms with van der Waals surface area (Å²) in [4.78, 5) is 11.9. The first-order chi connectivity index (χ1) is 9.06. The molecule has 0 atom stereocenters. The number of aromatic nitrogens is 2. The van der Waals surface area contributed by atoms with Crippen LogP contribution in [-0.4, -0.2) is 20.9 Å². The Morgan fingerprint density at radius 3 is 2.84 bits per heavy atom. The molecule has 0 fully saturated rings. The van der Waals surface area contributed by atoms with Gasteiger partial charge in [0.25, 0.3) is 0 Å².